The highest BCUT2D eigenvalue weighted by Crippen LogP contribution is 2.26. The van der Waals surface area contributed by atoms with Crippen molar-refractivity contribution in [1.29, 1.82) is 0 Å². The molecule has 0 saturated heterocycles. The second-order valence-electron chi connectivity index (χ2n) is 8.42. The molecule has 2 N–H and O–H groups in total. The van der Waals surface area contributed by atoms with Crippen LogP contribution < -0.4 is 5.32 Å². The van der Waals surface area contributed by atoms with Gasteiger partial charge in [0.1, 0.15) is 11.6 Å². The van der Waals surface area contributed by atoms with E-state index in [4.69, 9.17) is 9.72 Å². The van der Waals surface area contributed by atoms with Crippen molar-refractivity contribution >= 4 is 6.09 Å². The number of aromatic amines is 1. The fourth-order valence-corrected chi connectivity index (χ4v) is 3.27. The van der Waals surface area contributed by atoms with Gasteiger partial charge in [-0.3, -0.25) is 4.98 Å². The number of hydrogen-bond donors (Lipinski definition) is 2. The van der Waals surface area contributed by atoms with Gasteiger partial charge in [0, 0.05) is 18.2 Å². The van der Waals surface area contributed by atoms with Crippen LogP contribution in [0.4, 0.5) is 9.18 Å². The molecule has 6 nitrogen and oxygen atoms in total. The highest BCUT2D eigenvalue weighted by Gasteiger charge is 2.22. The molecule has 0 aliphatic heterocycles. The number of H-pyrrole nitrogens is 1. The fraction of sp³-hybridized carbons (Fsp3) is 0.375. The van der Waals surface area contributed by atoms with Crippen LogP contribution in [0.5, 0.6) is 0 Å². The van der Waals surface area contributed by atoms with Gasteiger partial charge in [0.05, 0.1) is 30.7 Å². The Morgan fingerprint density at radius 2 is 1.97 bits per heavy atom. The molecule has 1 aromatic carbocycles. The molecule has 1 amide bonds. The zero-order chi connectivity index (χ0) is 22.4. The van der Waals surface area contributed by atoms with E-state index in [1.807, 2.05) is 30.5 Å². The third-order valence-electron chi connectivity index (χ3n) is 5.49. The van der Waals surface area contributed by atoms with Crippen LogP contribution in [-0.4, -0.2) is 28.2 Å². The van der Waals surface area contributed by atoms with Gasteiger partial charge in [0.2, 0.25) is 0 Å². The molecular weight excluding hydrogens is 395 g/mol. The van der Waals surface area contributed by atoms with E-state index in [2.05, 4.69) is 36.1 Å². The van der Waals surface area contributed by atoms with Crippen LogP contribution >= 0.6 is 0 Å². The van der Waals surface area contributed by atoms with Gasteiger partial charge >= 0.3 is 6.09 Å². The van der Waals surface area contributed by atoms with E-state index in [1.54, 1.807) is 6.07 Å². The van der Waals surface area contributed by atoms with Gasteiger partial charge in [0.15, 0.2) is 0 Å². The van der Waals surface area contributed by atoms with E-state index in [9.17, 15) is 9.18 Å². The van der Waals surface area contributed by atoms with E-state index >= 15 is 0 Å². The van der Waals surface area contributed by atoms with E-state index in [-0.39, 0.29) is 17.3 Å². The molecular formula is C24H29FN4O2. The average Bonchev–Trinajstić information content (AvgIpc) is 3.22. The van der Waals surface area contributed by atoms with E-state index in [1.165, 1.54) is 19.4 Å². The number of nitrogens with one attached hydrogen (secondary N) is 2. The number of benzene rings is 1. The molecule has 1 unspecified atom stereocenters. The summed E-state index contributed by atoms with van der Waals surface area (Å²) in [4.78, 5) is 24.0. The molecule has 0 saturated carbocycles. The Morgan fingerprint density at radius 3 is 2.58 bits per heavy atom. The molecule has 0 aliphatic rings. The number of hydrogen-bond acceptors (Lipinski definition) is 4. The Balaban J connectivity index is 1.77. The van der Waals surface area contributed by atoms with Gasteiger partial charge < -0.3 is 15.0 Å². The monoisotopic (exact) mass is 424 g/mol. The molecule has 1 atom stereocenters. The van der Waals surface area contributed by atoms with Crippen molar-refractivity contribution < 1.29 is 13.9 Å². The number of pyridine rings is 1. The summed E-state index contributed by atoms with van der Waals surface area (Å²) in [6, 6.07) is 10.5. The quantitative estimate of drug-likeness (QED) is 0.519. The van der Waals surface area contributed by atoms with E-state index in [0.29, 0.717) is 17.9 Å². The molecule has 0 fully saturated rings. The second kappa shape index (κ2) is 9.73. The number of carbonyl (C=O) groups is 1. The lowest BCUT2D eigenvalue weighted by atomic mass is 9.85. The number of imidazole rings is 1. The lowest BCUT2D eigenvalue weighted by Gasteiger charge is -2.21. The number of amides is 1. The van der Waals surface area contributed by atoms with Crippen LogP contribution in [0.15, 0.2) is 48.8 Å². The lowest BCUT2D eigenvalue weighted by Crippen LogP contribution is -2.30. The van der Waals surface area contributed by atoms with Crippen molar-refractivity contribution in [3.05, 3.63) is 71.7 Å². The van der Waals surface area contributed by atoms with Gasteiger partial charge in [-0.25, -0.2) is 14.2 Å². The Bertz CT molecular complexity index is 997. The van der Waals surface area contributed by atoms with Gasteiger partial charge in [-0.1, -0.05) is 51.5 Å². The smallest absolute Gasteiger partial charge is 0.407 e. The normalized spacial score (nSPS) is 12.4. The van der Waals surface area contributed by atoms with Crippen molar-refractivity contribution in [2.45, 2.75) is 46.1 Å². The largest absolute Gasteiger partial charge is 0.453 e. The SMILES string of the molecule is CCC(C)(C)Cc1c[nH]c(C(Cc2ccc(-c3ccc(F)cn3)cc2)NC(=O)OC)n1. The number of rotatable bonds is 8. The van der Waals surface area contributed by atoms with Crippen molar-refractivity contribution in [2.75, 3.05) is 7.11 Å². The maximum Gasteiger partial charge on any atom is 0.407 e. The number of ether oxygens (including phenoxy) is 1. The highest BCUT2D eigenvalue weighted by molar-refractivity contribution is 5.67. The molecule has 2 aromatic heterocycles. The molecule has 0 aliphatic carbocycles. The van der Waals surface area contributed by atoms with Gasteiger partial charge in [-0.2, -0.15) is 0 Å². The number of halogens is 1. The summed E-state index contributed by atoms with van der Waals surface area (Å²) in [5, 5.41) is 2.87. The van der Waals surface area contributed by atoms with Crippen LogP contribution in [0, 0.1) is 11.2 Å². The van der Waals surface area contributed by atoms with Crippen molar-refractivity contribution in [3.8, 4) is 11.3 Å². The summed E-state index contributed by atoms with van der Waals surface area (Å²) in [6.07, 6.45) is 5.04. The molecule has 164 valence electrons. The third kappa shape index (κ3) is 6.13. The molecule has 3 aromatic rings. The fourth-order valence-electron chi connectivity index (χ4n) is 3.27. The Hall–Kier alpha value is -3.22. The Kier molecular flexibility index (Phi) is 7.05. The highest BCUT2D eigenvalue weighted by atomic mass is 19.1. The summed E-state index contributed by atoms with van der Waals surface area (Å²) in [5.74, 6) is 0.328. The molecule has 7 heteroatoms. The van der Waals surface area contributed by atoms with Crippen LogP contribution in [0.3, 0.4) is 0 Å². The maximum atomic E-state index is 13.1. The van der Waals surface area contributed by atoms with Gasteiger partial charge in [0.25, 0.3) is 0 Å². The Morgan fingerprint density at radius 1 is 1.23 bits per heavy atom. The molecule has 3 rings (SSSR count). The Labute approximate surface area is 182 Å². The summed E-state index contributed by atoms with van der Waals surface area (Å²) in [5.41, 5.74) is 3.73. The summed E-state index contributed by atoms with van der Waals surface area (Å²) in [7, 11) is 1.34. The number of carbonyl (C=O) groups excluding carboxylic acids is 1. The van der Waals surface area contributed by atoms with Gasteiger partial charge in [-0.15, -0.1) is 0 Å². The van der Waals surface area contributed by atoms with Crippen LogP contribution in [-0.2, 0) is 17.6 Å². The van der Waals surface area contributed by atoms with Crippen molar-refractivity contribution in [3.63, 3.8) is 0 Å². The van der Waals surface area contributed by atoms with Crippen molar-refractivity contribution in [1.82, 2.24) is 20.3 Å². The number of methoxy groups -OCH3 is 1. The minimum absolute atomic E-state index is 0.155. The first kappa shape index (κ1) is 22.5. The summed E-state index contributed by atoms with van der Waals surface area (Å²) in [6.45, 7) is 6.59. The van der Waals surface area contributed by atoms with E-state index in [0.717, 1.165) is 29.7 Å². The van der Waals surface area contributed by atoms with Crippen LogP contribution in [0.25, 0.3) is 11.3 Å². The molecule has 0 radical (unpaired) electrons. The predicted octanol–water partition coefficient (Wildman–Crippen LogP) is 5.23. The summed E-state index contributed by atoms with van der Waals surface area (Å²) >= 11 is 0. The zero-order valence-corrected chi connectivity index (χ0v) is 18.4. The van der Waals surface area contributed by atoms with Gasteiger partial charge in [-0.05, 0) is 29.5 Å². The number of nitrogens with zero attached hydrogens (tertiary/aromatic N) is 2. The first-order valence-corrected chi connectivity index (χ1v) is 10.4. The lowest BCUT2D eigenvalue weighted by molar-refractivity contribution is 0.166. The minimum Gasteiger partial charge on any atom is -0.453 e. The molecule has 2 heterocycles. The zero-order valence-electron chi connectivity index (χ0n) is 18.4. The summed E-state index contributed by atoms with van der Waals surface area (Å²) < 4.78 is 17.9. The predicted molar refractivity (Wildman–Crippen MR) is 118 cm³/mol. The van der Waals surface area contributed by atoms with Crippen LogP contribution in [0.2, 0.25) is 0 Å². The number of aromatic nitrogens is 3. The number of alkyl carbamates (subject to hydrolysis) is 1. The van der Waals surface area contributed by atoms with Crippen LogP contribution in [0.1, 0.15) is 50.3 Å². The third-order valence-corrected chi connectivity index (χ3v) is 5.49. The van der Waals surface area contributed by atoms with E-state index < -0.39 is 6.09 Å². The standard InChI is InChI=1S/C24H29FN4O2/c1-5-24(2,3)13-19-15-27-22(28-19)21(29-23(30)31-4)12-16-6-8-17(9-7-16)20-11-10-18(25)14-26-20/h6-11,14-15,21H,5,12-13H2,1-4H3,(H,27,28)(H,29,30). The first-order chi connectivity index (χ1) is 14.8. The first-order valence-electron chi connectivity index (χ1n) is 10.4. The minimum atomic E-state index is -0.510. The molecule has 0 spiro atoms. The molecule has 31 heavy (non-hydrogen) atoms. The van der Waals surface area contributed by atoms with Crippen molar-refractivity contribution in [2.24, 2.45) is 5.41 Å². The maximum absolute atomic E-state index is 13.1. The molecule has 0 bridgehead atoms. The average molecular weight is 425 g/mol. The second-order valence-corrected chi connectivity index (χ2v) is 8.42. The topological polar surface area (TPSA) is 79.9 Å².